The molecule has 1 aliphatic carbocycles. The first-order chi connectivity index (χ1) is 18.3. The smallest absolute Gasteiger partial charge is 0.332 e. The minimum atomic E-state index is -0.899. The van der Waals surface area contributed by atoms with E-state index < -0.39 is 12.1 Å². The van der Waals surface area contributed by atoms with Gasteiger partial charge >= 0.3 is 5.97 Å². The number of halogens is 1. The number of hydrogen-bond donors (Lipinski definition) is 2. The molecule has 1 unspecified atom stereocenters. The Hall–Kier alpha value is -2.77. The van der Waals surface area contributed by atoms with Crippen molar-refractivity contribution in [3.05, 3.63) is 65.2 Å². The van der Waals surface area contributed by atoms with Gasteiger partial charge in [-0.15, -0.1) is 0 Å². The fourth-order valence-electron chi connectivity index (χ4n) is 5.92. The number of carboxylic acid groups (broad SMARTS) is 1. The quantitative estimate of drug-likeness (QED) is 0.246. The van der Waals surface area contributed by atoms with Gasteiger partial charge in [-0.25, -0.2) is 14.2 Å². The van der Waals surface area contributed by atoms with Gasteiger partial charge in [0.05, 0.1) is 17.6 Å². The summed E-state index contributed by atoms with van der Waals surface area (Å²) in [7, 11) is 2.05. The van der Waals surface area contributed by atoms with Crippen molar-refractivity contribution >= 4 is 17.0 Å². The zero-order valence-corrected chi connectivity index (χ0v) is 23.0. The number of aryl methyl sites for hydroxylation is 2. The maximum atomic E-state index is 13.7. The van der Waals surface area contributed by atoms with Crippen molar-refractivity contribution in [1.29, 1.82) is 0 Å². The number of benzene rings is 2. The highest BCUT2D eigenvalue weighted by Gasteiger charge is 2.33. The predicted octanol–water partition coefficient (Wildman–Crippen LogP) is 6.21. The minimum absolute atomic E-state index is 0.192. The summed E-state index contributed by atoms with van der Waals surface area (Å²) in [6.07, 6.45) is 5.52. The summed E-state index contributed by atoms with van der Waals surface area (Å²) in [5, 5.41) is 9.79. The molecular formula is C31H42FN3O3. The van der Waals surface area contributed by atoms with E-state index in [0.29, 0.717) is 25.5 Å². The van der Waals surface area contributed by atoms with E-state index in [1.165, 1.54) is 11.6 Å². The third-order valence-electron chi connectivity index (χ3n) is 7.93. The summed E-state index contributed by atoms with van der Waals surface area (Å²) in [6, 6.07) is 13.2. The van der Waals surface area contributed by atoms with Gasteiger partial charge in [0.2, 0.25) is 0 Å². The average Bonchev–Trinajstić information content (AvgIpc) is 3.30. The Morgan fingerprint density at radius 2 is 2.00 bits per heavy atom. The number of carbonyl (C=O) groups is 1. The minimum Gasteiger partial charge on any atom is -0.479 e. The predicted molar refractivity (Wildman–Crippen MR) is 149 cm³/mol. The zero-order chi connectivity index (χ0) is 27.1. The number of rotatable bonds is 14. The van der Waals surface area contributed by atoms with Gasteiger partial charge in [0.15, 0.2) is 6.10 Å². The molecule has 0 saturated carbocycles. The Bertz CT molecular complexity index is 1160. The van der Waals surface area contributed by atoms with Crippen molar-refractivity contribution in [3.8, 4) is 0 Å². The van der Waals surface area contributed by atoms with E-state index in [2.05, 4.69) is 28.7 Å². The van der Waals surface area contributed by atoms with Gasteiger partial charge in [-0.05, 0) is 98.8 Å². The van der Waals surface area contributed by atoms with Crippen LogP contribution < -0.4 is 0 Å². The van der Waals surface area contributed by atoms with Crippen LogP contribution >= 0.6 is 0 Å². The number of aliphatic carboxylic acids is 1. The Morgan fingerprint density at radius 3 is 2.76 bits per heavy atom. The number of hydrogen-bond acceptors (Lipinski definition) is 4. The monoisotopic (exact) mass is 523 g/mol. The van der Waals surface area contributed by atoms with E-state index in [1.807, 2.05) is 37.4 Å². The molecule has 2 N–H and O–H groups in total. The molecule has 206 valence electrons. The fraction of sp³-hybridized carbons (Fsp3) is 0.548. The molecule has 0 spiro atoms. The molecule has 0 radical (unpaired) electrons. The van der Waals surface area contributed by atoms with Crippen molar-refractivity contribution in [1.82, 2.24) is 14.9 Å². The molecule has 4 rings (SSSR count). The number of imidazole rings is 1. The summed E-state index contributed by atoms with van der Waals surface area (Å²) in [4.78, 5) is 22.2. The zero-order valence-electron chi connectivity index (χ0n) is 23.0. The molecule has 1 heterocycles. The molecule has 0 aliphatic heterocycles. The number of carboxylic acids is 1. The highest BCUT2D eigenvalue weighted by atomic mass is 19.1. The first-order valence-electron chi connectivity index (χ1n) is 14.1. The van der Waals surface area contributed by atoms with Gasteiger partial charge in [0, 0.05) is 13.0 Å². The van der Waals surface area contributed by atoms with Crippen molar-refractivity contribution in [2.45, 2.75) is 70.8 Å². The van der Waals surface area contributed by atoms with Gasteiger partial charge in [0.1, 0.15) is 11.6 Å². The lowest BCUT2D eigenvalue weighted by molar-refractivity contribution is -0.152. The first-order valence-corrected chi connectivity index (χ1v) is 14.1. The molecule has 3 atom stereocenters. The van der Waals surface area contributed by atoms with Crippen LogP contribution in [0.1, 0.15) is 68.8 Å². The van der Waals surface area contributed by atoms with E-state index in [-0.39, 0.29) is 17.7 Å². The Labute approximate surface area is 225 Å². The highest BCUT2D eigenvalue weighted by Crippen LogP contribution is 2.41. The molecule has 38 heavy (non-hydrogen) atoms. The molecule has 0 bridgehead atoms. The highest BCUT2D eigenvalue weighted by molar-refractivity contribution is 5.74. The fourth-order valence-corrected chi connectivity index (χ4v) is 5.92. The Morgan fingerprint density at radius 1 is 1.18 bits per heavy atom. The summed E-state index contributed by atoms with van der Waals surface area (Å²) < 4.78 is 19.8. The molecule has 2 aromatic carbocycles. The van der Waals surface area contributed by atoms with E-state index in [1.54, 1.807) is 6.07 Å². The van der Waals surface area contributed by atoms with Crippen LogP contribution in [0.2, 0.25) is 0 Å². The number of aromatic nitrogens is 2. The number of nitrogens with zero attached hydrogens (tertiary/aromatic N) is 2. The van der Waals surface area contributed by atoms with Crippen LogP contribution in [0.4, 0.5) is 4.39 Å². The van der Waals surface area contributed by atoms with Crippen LogP contribution in [0.15, 0.2) is 42.5 Å². The van der Waals surface area contributed by atoms with Gasteiger partial charge in [-0.3, -0.25) is 0 Å². The van der Waals surface area contributed by atoms with Crippen LogP contribution in [0.3, 0.4) is 0 Å². The number of nitrogens with one attached hydrogen (secondary N) is 1. The summed E-state index contributed by atoms with van der Waals surface area (Å²) in [5.74, 6) is 0.796. The number of H-pyrrole nitrogens is 1. The second kappa shape index (κ2) is 13.3. The van der Waals surface area contributed by atoms with Gasteiger partial charge in [-0.2, -0.15) is 0 Å². The van der Waals surface area contributed by atoms with E-state index in [9.17, 15) is 14.3 Å². The number of ether oxygens (including phenoxy) is 1. The second-order valence-electron chi connectivity index (χ2n) is 11.2. The number of aromatic amines is 1. The van der Waals surface area contributed by atoms with Gasteiger partial charge in [-0.1, -0.05) is 38.5 Å². The number of para-hydroxylation sites is 2. The summed E-state index contributed by atoms with van der Waals surface area (Å²) in [6.45, 7) is 6.38. The lowest BCUT2D eigenvalue weighted by Gasteiger charge is -2.36. The SMILES string of the molecule is CC(C)[C@@H]1c2ccc(F)cc2CCC1CO[C@@H](CCN(C)CCCCCc1nc2ccccc2[nH]1)C(=O)O. The third-order valence-corrected chi connectivity index (χ3v) is 7.93. The molecule has 7 heteroatoms. The molecule has 3 aromatic rings. The summed E-state index contributed by atoms with van der Waals surface area (Å²) >= 11 is 0. The molecule has 0 amide bonds. The normalized spacial score (nSPS) is 18.3. The molecule has 6 nitrogen and oxygen atoms in total. The maximum absolute atomic E-state index is 13.7. The standard InChI is InChI=1S/C31H42FN3O3/c1-21(2)30-23(13-12-22-19-24(32)14-15-25(22)30)20-38-28(31(36)37)16-18-35(3)17-8-4-5-11-29-33-26-9-6-7-10-27(26)34-29/h6-7,9-10,14-15,19,21,23,28,30H,4-5,8,11-13,16-18,20H2,1-3H3,(H,33,34)(H,36,37)/t23?,28-,30-/m0/s1. The van der Waals surface area contributed by atoms with Crippen molar-refractivity contribution in [2.75, 3.05) is 26.7 Å². The van der Waals surface area contributed by atoms with E-state index in [4.69, 9.17) is 4.74 Å². The largest absolute Gasteiger partial charge is 0.479 e. The van der Waals surface area contributed by atoms with Crippen molar-refractivity contribution in [3.63, 3.8) is 0 Å². The summed E-state index contributed by atoms with van der Waals surface area (Å²) in [5.41, 5.74) is 4.36. The molecule has 0 saturated heterocycles. The maximum Gasteiger partial charge on any atom is 0.332 e. The number of fused-ring (bicyclic) bond motifs is 2. The molecule has 1 aromatic heterocycles. The van der Waals surface area contributed by atoms with Crippen LogP contribution in [0.25, 0.3) is 11.0 Å². The third kappa shape index (κ3) is 7.41. The van der Waals surface area contributed by atoms with E-state index >= 15 is 0 Å². The second-order valence-corrected chi connectivity index (χ2v) is 11.2. The van der Waals surface area contributed by atoms with Gasteiger partial charge in [0.25, 0.3) is 0 Å². The topological polar surface area (TPSA) is 78.5 Å². The van der Waals surface area contributed by atoms with Crippen molar-refractivity contribution < 1.29 is 19.0 Å². The van der Waals surface area contributed by atoms with E-state index in [0.717, 1.165) is 67.5 Å². The van der Waals surface area contributed by atoms with Gasteiger partial charge < -0.3 is 19.7 Å². The van der Waals surface area contributed by atoms with Crippen LogP contribution in [-0.4, -0.2) is 58.8 Å². The van der Waals surface area contributed by atoms with Crippen LogP contribution in [0.5, 0.6) is 0 Å². The lowest BCUT2D eigenvalue weighted by atomic mass is 9.70. The van der Waals surface area contributed by atoms with Crippen LogP contribution in [0, 0.1) is 17.7 Å². The lowest BCUT2D eigenvalue weighted by Crippen LogP contribution is -2.34. The molecular weight excluding hydrogens is 481 g/mol. The Balaban J connectivity index is 1.18. The number of unbranched alkanes of at least 4 members (excludes halogenated alkanes) is 2. The van der Waals surface area contributed by atoms with Crippen LogP contribution in [-0.2, 0) is 22.4 Å². The first kappa shape index (κ1) is 28.2. The average molecular weight is 524 g/mol. The van der Waals surface area contributed by atoms with Crippen molar-refractivity contribution in [2.24, 2.45) is 11.8 Å². The Kier molecular flexibility index (Phi) is 9.91. The molecule has 0 fully saturated rings. The molecule has 1 aliphatic rings.